The number of nitrogens with zero attached hydrogens (tertiary/aromatic N) is 6. The molecule has 412 valence electrons. The number of nitrogens with one attached hydrogen (secondary N) is 3. The van der Waals surface area contributed by atoms with Crippen molar-refractivity contribution in [2.45, 2.75) is 141 Å². The Labute approximate surface area is 452 Å². The third-order valence-electron chi connectivity index (χ3n) is 15.6. The quantitative estimate of drug-likeness (QED) is 0.0676. The smallest absolute Gasteiger partial charge is 0.350 e. The van der Waals surface area contributed by atoms with Crippen LogP contribution in [0.3, 0.4) is 0 Å². The summed E-state index contributed by atoms with van der Waals surface area (Å²) >= 11 is 0. The van der Waals surface area contributed by atoms with Gasteiger partial charge in [0.15, 0.2) is 11.2 Å². The molecule has 0 aliphatic heterocycles. The van der Waals surface area contributed by atoms with Gasteiger partial charge in [0.1, 0.15) is 22.7 Å². The molecule has 4 fully saturated rings. The summed E-state index contributed by atoms with van der Waals surface area (Å²) in [4.78, 5) is 71.4. The van der Waals surface area contributed by atoms with E-state index in [1.165, 1.54) is 54.3 Å². The van der Waals surface area contributed by atoms with Crippen molar-refractivity contribution in [3.05, 3.63) is 141 Å². The van der Waals surface area contributed by atoms with E-state index in [0.29, 0.717) is 56.8 Å². The van der Waals surface area contributed by atoms with Crippen LogP contribution in [-0.2, 0) is 14.3 Å². The van der Waals surface area contributed by atoms with Crippen molar-refractivity contribution in [3.8, 4) is 11.5 Å². The second kappa shape index (κ2) is 20.1. The first-order valence-corrected chi connectivity index (χ1v) is 26.3. The van der Waals surface area contributed by atoms with Gasteiger partial charge in [-0.25, -0.2) is 33.6 Å². The molecule has 7 N–H and O–H groups in total. The highest BCUT2D eigenvalue weighted by Crippen LogP contribution is 2.63. The summed E-state index contributed by atoms with van der Waals surface area (Å²) in [5, 5.41) is 47.0. The predicted molar refractivity (Wildman–Crippen MR) is 291 cm³/mol. The lowest BCUT2D eigenvalue weighted by molar-refractivity contribution is -0.171. The zero-order chi connectivity index (χ0) is 56.4. The molecule has 12 rings (SSSR count). The zero-order valence-corrected chi connectivity index (χ0v) is 45.0. The van der Waals surface area contributed by atoms with Crippen molar-refractivity contribution in [3.63, 3.8) is 0 Å². The number of aromatic amines is 2. The van der Waals surface area contributed by atoms with Crippen LogP contribution in [0.1, 0.15) is 144 Å². The molecule has 0 saturated heterocycles. The number of H-pyrrole nitrogens is 2. The lowest BCUT2D eigenvalue weighted by Crippen LogP contribution is -2.55. The molecule has 6 heterocycles. The minimum atomic E-state index is -1.39. The van der Waals surface area contributed by atoms with Crippen LogP contribution >= 0.6 is 0 Å². The topological polar surface area (TPSA) is 301 Å². The predicted octanol–water partition coefficient (Wildman–Crippen LogP) is 7.71. The van der Waals surface area contributed by atoms with Gasteiger partial charge >= 0.3 is 17.9 Å². The number of esters is 1. The molecule has 4 saturated carbocycles. The summed E-state index contributed by atoms with van der Waals surface area (Å²) in [5.41, 5.74) is 6.78. The molecule has 1 amide bonds. The van der Waals surface area contributed by atoms with E-state index in [9.17, 15) is 33.9 Å². The molecule has 6 aromatic heterocycles. The Morgan fingerprint density at radius 1 is 0.620 bits per heavy atom. The molecule has 2 spiro atoms. The number of aromatic carboxylic acids is 1. The van der Waals surface area contributed by atoms with Crippen LogP contribution in [0.5, 0.6) is 11.5 Å². The summed E-state index contributed by atoms with van der Waals surface area (Å²) in [6.07, 6.45) is 14.3. The Bertz CT molecular complexity index is 3800. The number of fused-ring (bicyclic) bond motifs is 4. The van der Waals surface area contributed by atoms with Crippen LogP contribution in [0.2, 0.25) is 0 Å². The molecule has 4 aliphatic rings. The van der Waals surface area contributed by atoms with Gasteiger partial charge in [-0.15, -0.1) is 0 Å². The highest BCUT2D eigenvalue weighted by atomic mass is 16.6. The van der Waals surface area contributed by atoms with E-state index in [2.05, 4.69) is 35.9 Å². The number of aliphatic carboxylic acids is 1. The number of hydrogen-bond donors (Lipinski definition) is 6. The molecule has 0 bridgehead atoms. The van der Waals surface area contributed by atoms with Gasteiger partial charge in [0.05, 0.1) is 63.5 Å². The summed E-state index contributed by atoms with van der Waals surface area (Å²) < 4.78 is 19.5. The largest absolute Gasteiger partial charge is 0.478 e. The number of hydrogen-bond acceptors (Lipinski definition) is 14. The monoisotopic (exact) mass is 1080 g/mol. The first-order valence-electron chi connectivity index (χ1n) is 26.3. The number of rotatable bonds is 11. The fourth-order valence-corrected chi connectivity index (χ4v) is 11.8. The average Bonchev–Trinajstić information content (AvgIpc) is 4.14. The van der Waals surface area contributed by atoms with Gasteiger partial charge < -0.3 is 35.5 Å². The number of benzene rings is 2. The van der Waals surface area contributed by atoms with Crippen LogP contribution in [0.4, 0.5) is 0 Å². The van der Waals surface area contributed by atoms with E-state index >= 15 is 0 Å². The van der Waals surface area contributed by atoms with E-state index in [4.69, 9.17) is 25.1 Å². The number of carbonyl (C=O) groups excluding carboxylic acids is 2. The van der Waals surface area contributed by atoms with Gasteiger partial charge in [0.25, 0.3) is 17.0 Å². The van der Waals surface area contributed by atoms with Crippen molar-refractivity contribution >= 4 is 56.4 Å². The van der Waals surface area contributed by atoms with Crippen LogP contribution in [0, 0.1) is 10.8 Å². The standard InChI is InChI=1S/C27H27N5O5.C16H20N2O5.C15H17N3O/c1-26(2,25(35)36)37-17-7-8-21-20(13-28-32(21)14-17)23(33)29-16-11-27(12-16)9-15(10-27)22-18-5-3-4-6-19(18)24(34)31-30-22;1-15(2,3)23-14(21)16(4,5)22-10-6-7-12-11(13(19)20)8-17-18(12)9-10;16-10-7-15(8-10)5-9(6-15)13-11-3-1-2-4-12(11)14(19)18-17-13/h3-8,13-16H,9-12H2,1-2H3,(H,29,33)(H,31,34)(H,35,36);6-9H,1-5H3,(H,19,20);1-4,9-10H,5-8,16H2,(H,18,19). The number of ether oxygens (including phenoxy) is 3. The minimum absolute atomic E-state index is 0.0981. The third kappa shape index (κ3) is 10.9. The maximum atomic E-state index is 13.0. The maximum absolute atomic E-state index is 13.0. The molecule has 0 unspecified atom stereocenters. The number of amides is 1. The van der Waals surface area contributed by atoms with Crippen LogP contribution in [-0.4, -0.2) is 103 Å². The van der Waals surface area contributed by atoms with E-state index in [-0.39, 0.29) is 34.0 Å². The fourth-order valence-electron chi connectivity index (χ4n) is 11.8. The number of carboxylic acids is 2. The molecule has 21 nitrogen and oxygen atoms in total. The molecule has 8 aromatic rings. The third-order valence-corrected chi connectivity index (χ3v) is 15.6. The minimum Gasteiger partial charge on any atom is -0.478 e. The Balaban J connectivity index is 0.000000144. The summed E-state index contributed by atoms with van der Waals surface area (Å²) in [5.74, 6) is -1.28. The molecule has 0 atom stereocenters. The van der Waals surface area contributed by atoms with Crippen molar-refractivity contribution < 1.29 is 43.6 Å². The van der Waals surface area contributed by atoms with Gasteiger partial charge in [0, 0.05) is 34.7 Å². The van der Waals surface area contributed by atoms with Gasteiger partial charge in [0.2, 0.25) is 0 Å². The second-order valence-corrected chi connectivity index (χ2v) is 23.8. The van der Waals surface area contributed by atoms with E-state index < -0.39 is 34.7 Å². The highest BCUT2D eigenvalue weighted by Gasteiger charge is 2.55. The lowest BCUT2D eigenvalue weighted by Gasteiger charge is -2.57. The number of pyridine rings is 2. The Morgan fingerprint density at radius 3 is 1.52 bits per heavy atom. The molecular weight excluding hydrogens is 1010 g/mol. The lowest BCUT2D eigenvalue weighted by atomic mass is 9.49. The number of nitrogens with two attached hydrogens (primary N) is 1. The Kier molecular flexibility index (Phi) is 13.7. The van der Waals surface area contributed by atoms with E-state index in [1.807, 2.05) is 48.5 Å². The van der Waals surface area contributed by atoms with Crippen molar-refractivity contribution in [2.75, 3.05) is 0 Å². The van der Waals surface area contributed by atoms with Gasteiger partial charge in [-0.1, -0.05) is 36.4 Å². The van der Waals surface area contributed by atoms with Crippen molar-refractivity contribution in [1.82, 2.24) is 44.9 Å². The van der Waals surface area contributed by atoms with Crippen LogP contribution in [0.15, 0.2) is 107 Å². The molecular formula is C58H64N10O11. The van der Waals surface area contributed by atoms with Gasteiger partial charge in [-0.05, 0) is 147 Å². The zero-order valence-electron chi connectivity index (χ0n) is 45.0. The van der Waals surface area contributed by atoms with Crippen LogP contribution in [0.25, 0.3) is 32.6 Å². The SMILES string of the molecule is CC(C)(C)OC(=O)C(C)(C)Oc1ccc2c(C(=O)O)cnn2c1.CC(C)(Oc1ccc2c(C(=O)NC3CC4(C3)CC(c3n[nH]c(=O)c5ccccc35)C4)cnn2c1)C(=O)O.NC1CC2(C1)CC(c1n[nH]c(=O)c3ccccc13)C2. The first-order chi connectivity index (χ1) is 37.3. The molecule has 4 aliphatic carbocycles. The highest BCUT2D eigenvalue weighted by molar-refractivity contribution is 6.01. The Hall–Kier alpha value is -8.46. The number of carbonyl (C=O) groups is 4. The number of carboxylic acid groups (broad SMARTS) is 2. The molecule has 21 heteroatoms. The maximum Gasteiger partial charge on any atom is 0.350 e. The summed E-state index contributed by atoms with van der Waals surface area (Å²) in [6.45, 7) is 11.5. The average molecular weight is 1080 g/mol. The van der Waals surface area contributed by atoms with Gasteiger partial charge in [-0.2, -0.15) is 20.4 Å². The van der Waals surface area contributed by atoms with Crippen LogP contribution < -0.4 is 31.6 Å². The van der Waals surface area contributed by atoms with E-state index in [1.54, 1.807) is 65.1 Å². The van der Waals surface area contributed by atoms with E-state index in [0.717, 1.165) is 66.1 Å². The van der Waals surface area contributed by atoms with Crippen molar-refractivity contribution in [2.24, 2.45) is 16.6 Å². The summed E-state index contributed by atoms with van der Waals surface area (Å²) in [6, 6.07) is 22.3. The van der Waals surface area contributed by atoms with Crippen molar-refractivity contribution in [1.29, 1.82) is 0 Å². The molecule has 79 heavy (non-hydrogen) atoms. The summed E-state index contributed by atoms with van der Waals surface area (Å²) in [7, 11) is 0. The molecule has 2 aromatic carbocycles. The van der Waals surface area contributed by atoms with Gasteiger partial charge in [-0.3, -0.25) is 14.4 Å². The number of aromatic nitrogens is 8. The Morgan fingerprint density at radius 2 is 1.06 bits per heavy atom. The normalized spacial score (nSPS) is 22.3. The molecule has 0 radical (unpaired) electrons. The first kappa shape index (κ1) is 53.9. The second-order valence-electron chi connectivity index (χ2n) is 23.8. The fraction of sp³-hybridized carbons (Fsp3) is 0.414.